The van der Waals surface area contributed by atoms with Crippen LogP contribution in [0.2, 0.25) is 0 Å². The zero-order valence-corrected chi connectivity index (χ0v) is 28.2. The lowest BCUT2D eigenvalue weighted by Gasteiger charge is -2.41. The summed E-state index contributed by atoms with van der Waals surface area (Å²) in [6, 6.07) is 22.4. The van der Waals surface area contributed by atoms with Crippen LogP contribution in [0, 0.1) is 10.1 Å². The van der Waals surface area contributed by atoms with Gasteiger partial charge in [-0.1, -0.05) is 61.4 Å². The fourth-order valence-electron chi connectivity index (χ4n) is 6.36. The maximum absolute atomic E-state index is 12.4. The minimum absolute atomic E-state index is 0.0207. The van der Waals surface area contributed by atoms with Gasteiger partial charge in [-0.3, -0.25) is 29.8 Å². The minimum atomic E-state index is -0.579. The van der Waals surface area contributed by atoms with Gasteiger partial charge in [-0.15, -0.1) is 0 Å². The first-order valence-electron chi connectivity index (χ1n) is 17.3. The van der Waals surface area contributed by atoms with Crippen molar-refractivity contribution < 1.29 is 34.3 Å². The molecule has 4 N–H and O–H groups in total. The topological polar surface area (TPSA) is 167 Å². The van der Waals surface area contributed by atoms with Gasteiger partial charge in [-0.25, -0.2) is 5.48 Å². The average molecular weight is 690 g/mol. The molecular weight excluding hydrogens is 642 g/mol. The van der Waals surface area contributed by atoms with E-state index in [1.54, 1.807) is 29.7 Å². The third-order valence-electron chi connectivity index (χ3n) is 9.30. The molecule has 0 aliphatic carbocycles. The number of anilines is 1. The largest absolute Gasteiger partial charge is 0.392 e. The molecule has 2 aliphatic heterocycles. The van der Waals surface area contributed by atoms with E-state index in [9.17, 15) is 24.8 Å². The molecule has 2 saturated heterocycles. The molecule has 2 aliphatic rings. The van der Waals surface area contributed by atoms with Crippen molar-refractivity contribution in [2.75, 3.05) is 37.6 Å². The van der Waals surface area contributed by atoms with Crippen molar-refractivity contribution in [3.63, 3.8) is 0 Å². The number of rotatable bonds is 16. The number of aliphatic hydroxyl groups is 1. The van der Waals surface area contributed by atoms with Crippen LogP contribution in [0.15, 0.2) is 72.8 Å². The number of carbonyl (C=O) groups excluding carboxylic acids is 2. The highest BCUT2D eigenvalue weighted by molar-refractivity contribution is 5.75. The molecule has 13 heteroatoms. The molecule has 0 spiro atoms. The van der Waals surface area contributed by atoms with Gasteiger partial charge in [0.1, 0.15) is 0 Å². The molecular formula is C37H47N5O8. The van der Waals surface area contributed by atoms with Gasteiger partial charge in [-0.2, -0.15) is 0 Å². The van der Waals surface area contributed by atoms with E-state index < -0.39 is 12.2 Å². The Kier molecular flexibility index (Phi) is 13.7. The quantitative estimate of drug-likeness (QED) is 0.0702. The van der Waals surface area contributed by atoms with Crippen LogP contribution >= 0.6 is 0 Å². The maximum Gasteiger partial charge on any atom is 0.269 e. The maximum atomic E-state index is 12.4. The van der Waals surface area contributed by atoms with Gasteiger partial charge in [0.2, 0.25) is 11.8 Å². The molecule has 2 heterocycles. The number of amides is 2. The monoisotopic (exact) mass is 689 g/mol. The molecule has 0 radical (unpaired) electrons. The molecule has 13 nitrogen and oxygen atoms in total. The SMILES string of the molecule is O=C(CCCCCCC(=O)NCc1ccc([C@@H]2O[C@H](CN3CCN(c4ccc([N+](=O)[O-])cc4)CC3)C[C@H](c3ccc(CO)cc3)O2)cc1)NO. The zero-order chi connectivity index (χ0) is 35.3. The number of aliphatic hydroxyl groups excluding tert-OH is 1. The molecule has 0 unspecified atom stereocenters. The minimum Gasteiger partial charge on any atom is -0.392 e. The number of benzene rings is 3. The van der Waals surface area contributed by atoms with Crippen molar-refractivity contribution in [1.29, 1.82) is 0 Å². The first kappa shape index (κ1) is 36.9. The Morgan fingerprint density at radius 1 is 0.800 bits per heavy atom. The number of unbranched alkanes of at least 4 members (excludes halogenated alkanes) is 3. The van der Waals surface area contributed by atoms with Crippen LogP contribution in [0.25, 0.3) is 0 Å². The first-order chi connectivity index (χ1) is 24.3. The number of hydrogen-bond donors (Lipinski definition) is 4. The fraction of sp³-hybridized carbons (Fsp3) is 0.459. The Labute approximate surface area is 292 Å². The van der Waals surface area contributed by atoms with Crippen molar-refractivity contribution in [2.24, 2.45) is 0 Å². The van der Waals surface area contributed by atoms with Crippen LogP contribution in [0.1, 0.15) is 79.6 Å². The van der Waals surface area contributed by atoms with Gasteiger partial charge >= 0.3 is 0 Å². The average Bonchev–Trinajstić information content (AvgIpc) is 3.15. The van der Waals surface area contributed by atoms with Crippen LogP contribution in [0.4, 0.5) is 11.4 Å². The summed E-state index contributed by atoms with van der Waals surface area (Å²) in [6.45, 7) is 4.41. The summed E-state index contributed by atoms with van der Waals surface area (Å²) in [4.78, 5) is 38.7. The van der Waals surface area contributed by atoms with Crippen LogP contribution in [0.3, 0.4) is 0 Å². The number of carbonyl (C=O) groups is 2. The second kappa shape index (κ2) is 18.6. The molecule has 2 amide bonds. The number of hydrogen-bond acceptors (Lipinski definition) is 10. The molecule has 50 heavy (non-hydrogen) atoms. The smallest absolute Gasteiger partial charge is 0.269 e. The Balaban J connectivity index is 1.14. The predicted molar refractivity (Wildman–Crippen MR) is 186 cm³/mol. The van der Waals surface area contributed by atoms with E-state index in [4.69, 9.17) is 14.7 Å². The van der Waals surface area contributed by atoms with Crippen LogP contribution < -0.4 is 15.7 Å². The number of hydroxylamine groups is 1. The molecule has 3 aromatic carbocycles. The fourth-order valence-corrected chi connectivity index (χ4v) is 6.36. The van der Waals surface area contributed by atoms with E-state index in [0.717, 1.165) is 79.9 Å². The van der Waals surface area contributed by atoms with E-state index in [0.29, 0.717) is 25.8 Å². The summed E-state index contributed by atoms with van der Waals surface area (Å²) in [5.41, 5.74) is 6.41. The normalized spacial score (nSPS) is 19.6. The second-order valence-electron chi connectivity index (χ2n) is 12.9. The zero-order valence-electron chi connectivity index (χ0n) is 28.2. The van der Waals surface area contributed by atoms with Crippen molar-refractivity contribution >= 4 is 23.2 Å². The highest BCUT2D eigenvalue weighted by atomic mass is 16.7. The lowest BCUT2D eigenvalue weighted by atomic mass is 9.99. The Morgan fingerprint density at radius 3 is 2.04 bits per heavy atom. The van der Waals surface area contributed by atoms with Gasteiger partial charge in [-0.05, 0) is 41.7 Å². The number of nitro benzene ring substituents is 1. The van der Waals surface area contributed by atoms with Gasteiger partial charge < -0.3 is 24.8 Å². The number of ether oxygens (including phenoxy) is 2. The van der Waals surface area contributed by atoms with Gasteiger partial charge in [0.15, 0.2) is 6.29 Å². The summed E-state index contributed by atoms with van der Waals surface area (Å²) in [5.74, 6) is -0.412. The number of nitrogens with one attached hydrogen (secondary N) is 2. The van der Waals surface area contributed by atoms with Gasteiger partial charge in [0.05, 0.1) is 23.7 Å². The standard InChI is InChI=1S/C37H47N5O8/c43-26-28-9-11-29(12-10-28)34-23-33(25-40-19-21-41(22-20-40)31-15-17-32(18-16-31)42(47)48)49-37(50-34)30-13-7-27(8-14-30)24-38-35(44)5-3-1-2-4-6-36(45)39-46/h7-18,33-34,37,43,46H,1-6,19-26H2,(H,38,44)(H,39,45)/t33-,34+,37+/m0/s1. The summed E-state index contributed by atoms with van der Waals surface area (Å²) >= 11 is 0. The van der Waals surface area contributed by atoms with Crippen molar-refractivity contribution in [3.8, 4) is 0 Å². The molecule has 3 aromatic rings. The molecule has 0 saturated carbocycles. The number of nitro groups is 1. The molecule has 3 atom stereocenters. The third-order valence-corrected chi connectivity index (χ3v) is 9.30. The number of piperazine rings is 1. The van der Waals surface area contributed by atoms with Crippen molar-refractivity contribution in [2.45, 2.75) is 76.6 Å². The summed E-state index contributed by atoms with van der Waals surface area (Å²) in [5, 5.41) is 32.1. The lowest BCUT2D eigenvalue weighted by molar-refractivity contribution is -0.384. The summed E-state index contributed by atoms with van der Waals surface area (Å²) < 4.78 is 13.1. The third kappa shape index (κ3) is 10.8. The highest BCUT2D eigenvalue weighted by Crippen LogP contribution is 2.38. The first-order valence-corrected chi connectivity index (χ1v) is 17.3. The molecule has 0 bridgehead atoms. The van der Waals surface area contributed by atoms with Crippen molar-refractivity contribution in [3.05, 3.63) is 105 Å². The van der Waals surface area contributed by atoms with Crippen LogP contribution in [-0.4, -0.2) is 70.8 Å². The lowest BCUT2D eigenvalue weighted by Crippen LogP contribution is -2.49. The van der Waals surface area contributed by atoms with E-state index in [1.165, 1.54) is 0 Å². The van der Waals surface area contributed by atoms with E-state index in [2.05, 4.69) is 15.1 Å². The van der Waals surface area contributed by atoms with E-state index in [1.807, 2.05) is 48.5 Å². The molecule has 2 fully saturated rings. The summed E-state index contributed by atoms with van der Waals surface area (Å²) in [7, 11) is 0. The van der Waals surface area contributed by atoms with Gasteiger partial charge in [0, 0.05) is 81.9 Å². The van der Waals surface area contributed by atoms with E-state index >= 15 is 0 Å². The molecule has 5 rings (SSSR count). The van der Waals surface area contributed by atoms with Crippen LogP contribution in [-0.2, 0) is 32.2 Å². The molecule has 0 aromatic heterocycles. The number of non-ortho nitro benzene ring substituents is 1. The Morgan fingerprint density at radius 2 is 1.42 bits per heavy atom. The summed E-state index contributed by atoms with van der Waals surface area (Å²) in [6.07, 6.45) is 3.59. The predicted octanol–water partition coefficient (Wildman–Crippen LogP) is 4.92. The Bertz CT molecular complexity index is 1530. The van der Waals surface area contributed by atoms with Gasteiger partial charge in [0.25, 0.3) is 5.69 Å². The molecule has 268 valence electrons. The Hall–Kier alpha value is -4.40. The number of nitrogens with zero attached hydrogens (tertiary/aromatic N) is 3. The van der Waals surface area contributed by atoms with Crippen molar-refractivity contribution in [1.82, 2.24) is 15.7 Å². The second-order valence-corrected chi connectivity index (χ2v) is 12.9. The van der Waals surface area contributed by atoms with Crippen LogP contribution in [0.5, 0.6) is 0 Å². The highest BCUT2D eigenvalue weighted by Gasteiger charge is 2.34. The van der Waals surface area contributed by atoms with E-state index in [-0.39, 0.29) is 41.8 Å².